The van der Waals surface area contributed by atoms with Gasteiger partial charge in [-0.3, -0.25) is 14.5 Å². The van der Waals surface area contributed by atoms with Crippen molar-refractivity contribution in [1.82, 2.24) is 20.9 Å². The van der Waals surface area contributed by atoms with Crippen molar-refractivity contribution >= 4 is 23.4 Å². The van der Waals surface area contributed by atoms with Gasteiger partial charge in [0.15, 0.2) is 0 Å². The summed E-state index contributed by atoms with van der Waals surface area (Å²) in [4.78, 5) is 27.0. The molecule has 2 aromatic carbocycles. The van der Waals surface area contributed by atoms with E-state index in [2.05, 4.69) is 20.9 Å². The maximum atomic E-state index is 12.4. The van der Waals surface area contributed by atoms with Crippen molar-refractivity contribution in [2.45, 2.75) is 50.5 Å². The highest BCUT2D eigenvalue weighted by Gasteiger charge is 2.43. The lowest BCUT2D eigenvalue weighted by atomic mass is 10.0. The van der Waals surface area contributed by atoms with Gasteiger partial charge < -0.3 is 16.0 Å². The summed E-state index contributed by atoms with van der Waals surface area (Å²) in [6, 6.07) is 18.0. The number of carbonyl (C=O) groups excluding carboxylic acids is 2. The van der Waals surface area contributed by atoms with Crippen molar-refractivity contribution in [3.05, 3.63) is 70.7 Å². The standard InChI is InChI=1S/C24H29ClN4O2/c25-19-8-4-7-18(11-19)14-26-20-12-22-24(31)28-15-21(29(22)16-20)9-10-23(30)27-13-17-5-2-1-3-6-17/h1-8,11,20-22,26H,9-10,12-16H2,(H,27,30)(H,28,31)/t20-,21+,22-/m0/s1. The molecule has 3 atom stereocenters. The zero-order valence-electron chi connectivity index (χ0n) is 17.5. The van der Waals surface area contributed by atoms with Gasteiger partial charge >= 0.3 is 0 Å². The number of carbonyl (C=O) groups is 2. The lowest BCUT2D eigenvalue weighted by Gasteiger charge is -2.37. The van der Waals surface area contributed by atoms with Crippen LogP contribution in [-0.2, 0) is 22.7 Å². The smallest absolute Gasteiger partial charge is 0.237 e. The molecule has 2 aliphatic heterocycles. The Morgan fingerprint density at radius 2 is 1.90 bits per heavy atom. The van der Waals surface area contributed by atoms with E-state index in [4.69, 9.17) is 11.6 Å². The predicted octanol–water partition coefficient (Wildman–Crippen LogP) is 2.47. The third-order valence-corrected chi connectivity index (χ3v) is 6.38. The second-order valence-electron chi connectivity index (χ2n) is 8.36. The average Bonchev–Trinajstić information content (AvgIpc) is 3.22. The van der Waals surface area contributed by atoms with Crippen molar-refractivity contribution in [3.63, 3.8) is 0 Å². The molecule has 0 unspecified atom stereocenters. The van der Waals surface area contributed by atoms with E-state index >= 15 is 0 Å². The topological polar surface area (TPSA) is 73.5 Å². The molecule has 7 heteroatoms. The average molecular weight is 441 g/mol. The summed E-state index contributed by atoms with van der Waals surface area (Å²) in [7, 11) is 0. The third kappa shape index (κ3) is 5.85. The fourth-order valence-electron chi connectivity index (χ4n) is 4.48. The number of amides is 2. The van der Waals surface area contributed by atoms with Crippen LogP contribution in [0.1, 0.15) is 30.4 Å². The number of halogens is 1. The molecule has 2 heterocycles. The Morgan fingerprint density at radius 1 is 1.10 bits per heavy atom. The number of hydrogen-bond donors (Lipinski definition) is 3. The number of benzene rings is 2. The first-order valence-electron chi connectivity index (χ1n) is 10.9. The van der Waals surface area contributed by atoms with Crippen LogP contribution in [-0.4, -0.2) is 47.9 Å². The van der Waals surface area contributed by atoms with Gasteiger partial charge in [0, 0.05) is 49.7 Å². The van der Waals surface area contributed by atoms with E-state index in [1.54, 1.807) is 0 Å². The van der Waals surface area contributed by atoms with Crippen LogP contribution in [0.2, 0.25) is 5.02 Å². The molecule has 2 aromatic rings. The van der Waals surface area contributed by atoms with Gasteiger partial charge in [0.05, 0.1) is 6.04 Å². The highest BCUT2D eigenvalue weighted by Crippen LogP contribution is 2.26. The maximum Gasteiger partial charge on any atom is 0.237 e. The summed E-state index contributed by atoms with van der Waals surface area (Å²) in [5.41, 5.74) is 2.22. The minimum atomic E-state index is -0.122. The van der Waals surface area contributed by atoms with Gasteiger partial charge in [0.25, 0.3) is 0 Å². The van der Waals surface area contributed by atoms with Gasteiger partial charge in [0.1, 0.15) is 0 Å². The second-order valence-corrected chi connectivity index (χ2v) is 8.79. The van der Waals surface area contributed by atoms with E-state index in [0.717, 1.165) is 42.1 Å². The molecule has 0 aliphatic carbocycles. The first-order chi connectivity index (χ1) is 15.1. The molecule has 0 bridgehead atoms. The molecular formula is C24H29ClN4O2. The SMILES string of the molecule is O=C(CC[C@@H]1CNC(=O)[C@@H]2C[C@H](NCc3cccc(Cl)c3)CN12)NCc1ccccc1. The summed E-state index contributed by atoms with van der Waals surface area (Å²) in [5.74, 6) is 0.143. The van der Waals surface area contributed by atoms with Gasteiger partial charge in [-0.1, -0.05) is 54.1 Å². The molecule has 4 rings (SSSR count). The van der Waals surface area contributed by atoms with Crippen LogP contribution in [0.5, 0.6) is 0 Å². The summed E-state index contributed by atoms with van der Waals surface area (Å²) >= 11 is 6.07. The highest BCUT2D eigenvalue weighted by molar-refractivity contribution is 6.30. The minimum absolute atomic E-state index is 0.0483. The molecule has 2 saturated heterocycles. The first kappa shape index (κ1) is 21.8. The van der Waals surface area contributed by atoms with Crippen molar-refractivity contribution in [2.24, 2.45) is 0 Å². The lowest BCUT2D eigenvalue weighted by molar-refractivity contribution is -0.129. The molecule has 164 valence electrons. The zero-order valence-corrected chi connectivity index (χ0v) is 18.3. The van der Waals surface area contributed by atoms with E-state index in [1.807, 2.05) is 54.6 Å². The van der Waals surface area contributed by atoms with Crippen molar-refractivity contribution in [3.8, 4) is 0 Å². The fourth-order valence-corrected chi connectivity index (χ4v) is 4.70. The molecule has 31 heavy (non-hydrogen) atoms. The molecular weight excluding hydrogens is 412 g/mol. The predicted molar refractivity (Wildman–Crippen MR) is 122 cm³/mol. The first-order valence-corrected chi connectivity index (χ1v) is 11.3. The maximum absolute atomic E-state index is 12.4. The van der Waals surface area contributed by atoms with E-state index in [9.17, 15) is 9.59 Å². The van der Waals surface area contributed by atoms with E-state index in [0.29, 0.717) is 19.5 Å². The Labute approximate surface area is 188 Å². The Balaban J connectivity index is 1.26. The molecule has 6 nitrogen and oxygen atoms in total. The number of fused-ring (bicyclic) bond motifs is 1. The largest absolute Gasteiger partial charge is 0.353 e. The summed E-state index contributed by atoms with van der Waals surface area (Å²) in [6.07, 6.45) is 1.97. The monoisotopic (exact) mass is 440 g/mol. The van der Waals surface area contributed by atoms with Crippen LogP contribution in [0, 0.1) is 0 Å². The quantitative estimate of drug-likeness (QED) is 0.589. The summed E-state index contributed by atoms with van der Waals surface area (Å²) in [5, 5.41) is 10.3. The van der Waals surface area contributed by atoms with Gasteiger partial charge in [-0.05, 0) is 36.1 Å². The van der Waals surface area contributed by atoms with E-state index in [1.165, 1.54) is 0 Å². The number of hydrogen-bond acceptors (Lipinski definition) is 4. The Morgan fingerprint density at radius 3 is 2.71 bits per heavy atom. The zero-order chi connectivity index (χ0) is 21.6. The van der Waals surface area contributed by atoms with Gasteiger partial charge in [-0.2, -0.15) is 0 Å². The Hall–Kier alpha value is -2.41. The molecule has 2 amide bonds. The van der Waals surface area contributed by atoms with Crippen LogP contribution in [0.4, 0.5) is 0 Å². The van der Waals surface area contributed by atoms with Crippen LogP contribution in [0.3, 0.4) is 0 Å². The number of nitrogens with zero attached hydrogens (tertiary/aromatic N) is 1. The minimum Gasteiger partial charge on any atom is -0.353 e. The Bertz CT molecular complexity index is 907. The van der Waals surface area contributed by atoms with Gasteiger partial charge in [0.2, 0.25) is 11.8 Å². The third-order valence-electron chi connectivity index (χ3n) is 6.14. The normalized spacial score (nSPS) is 23.3. The second kappa shape index (κ2) is 10.3. The van der Waals surface area contributed by atoms with E-state index < -0.39 is 0 Å². The van der Waals surface area contributed by atoms with Crippen molar-refractivity contribution < 1.29 is 9.59 Å². The number of rotatable bonds is 8. The molecule has 2 aliphatic rings. The van der Waals surface area contributed by atoms with Crippen molar-refractivity contribution in [1.29, 1.82) is 0 Å². The molecule has 0 spiro atoms. The molecule has 0 radical (unpaired) electrons. The molecule has 0 saturated carbocycles. The van der Waals surface area contributed by atoms with Gasteiger partial charge in [-0.15, -0.1) is 0 Å². The van der Waals surface area contributed by atoms with Crippen LogP contribution in [0.15, 0.2) is 54.6 Å². The molecule has 0 aromatic heterocycles. The molecule has 3 N–H and O–H groups in total. The molecule has 2 fully saturated rings. The lowest BCUT2D eigenvalue weighted by Crippen LogP contribution is -2.58. The summed E-state index contributed by atoms with van der Waals surface area (Å²) < 4.78 is 0. The number of nitrogens with one attached hydrogen (secondary N) is 3. The number of piperazine rings is 1. The van der Waals surface area contributed by atoms with E-state index in [-0.39, 0.29) is 29.9 Å². The van der Waals surface area contributed by atoms with Crippen LogP contribution < -0.4 is 16.0 Å². The fraction of sp³-hybridized carbons (Fsp3) is 0.417. The highest BCUT2D eigenvalue weighted by atomic mass is 35.5. The van der Waals surface area contributed by atoms with Crippen LogP contribution >= 0.6 is 11.6 Å². The van der Waals surface area contributed by atoms with Gasteiger partial charge in [-0.25, -0.2) is 0 Å². The Kier molecular flexibility index (Phi) is 7.22. The summed E-state index contributed by atoms with van der Waals surface area (Å²) in [6.45, 7) is 2.68. The van der Waals surface area contributed by atoms with Crippen LogP contribution in [0.25, 0.3) is 0 Å². The van der Waals surface area contributed by atoms with Crippen molar-refractivity contribution in [2.75, 3.05) is 13.1 Å².